The average Bonchev–Trinajstić information content (AvgIpc) is 2.20. The van der Waals surface area contributed by atoms with Gasteiger partial charge in [0.1, 0.15) is 5.75 Å². The minimum atomic E-state index is 0.190. The molecule has 0 aromatic heterocycles. The molecule has 0 aliphatic carbocycles. The molecule has 0 saturated carbocycles. The van der Waals surface area contributed by atoms with Gasteiger partial charge in [-0.2, -0.15) is 0 Å². The van der Waals surface area contributed by atoms with Crippen molar-refractivity contribution in [3.05, 3.63) is 53.0 Å². The summed E-state index contributed by atoms with van der Waals surface area (Å²) < 4.78 is 1.03. The smallest absolute Gasteiger partial charge is 0.131 e. The van der Waals surface area contributed by atoms with Crippen molar-refractivity contribution in [3.63, 3.8) is 0 Å². The summed E-state index contributed by atoms with van der Waals surface area (Å²) in [4.78, 5) is 0. The summed E-state index contributed by atoms with van der Waals surface area (Å²) in [5.41, 5.74) is 1.79. The average molecular weight is 248 g/mol. The van der Waals surface area contributed by atoms with Gasteiger partial charge in [0.2, 0.25) is 0 Å². The lowest BCUT2D eigenvalue weighted by Gasteiger charge is -2.03. The van der Waals surface area contributed by atoms with Crippen molar-refractivity contribution < 1.29 is 5.11 Å². The van der Waals surface area contributed by atoms with Gasteiger partial charge in [0.15, 0.2) is 0 Å². The lowest BCUT2D eigenvalue weighted by atomic mass is 10.1. The normalized spacial score (nSPS) is 10.1. The Labute approximate surface area is 91.2 Å². The van der Waals surface area contributed by atoms with Crippen LogP contribution in [0.4, 0.5) is 0 Å². The second-order valence-corrected chi connectivity index (χ2v) is 3.85. The molecule has 0 atom stereocenters. The Morgan fingerprint density at radius 3 is 2.43 bits per heavy atom. The molecule has 0 fully saturated rings. The molecule has 2 aromatic carbocycles. The zero-order valence-corrected chi connectivity index (χ0v) is 8.95. The first-order valence-corrected chi connectivity index (χ1v) is 5.02. The summed E-state index contributed by atoms with van der Waals surface area (Å²) in [6, 6.07) is 16.0. The number of halogens is 1. The molecular formula is C12H8BrO. The number of rotatable bonds is 1. The van der Waals surface area contributed by atoms with Crippen molar-refractivity contribution in [1.82, 2.24) is 0 Å². The summed E-state index contributed by atoms with van der Waals surface area (Å²) in [6.07, 6.45) is 0. The summed E-state index contributed by atoms with van der Waals surface area (Å²) in [7, 11) is 0. The fourth-order valence-corrected chi connectivity index (χ4v) is 1.55. The van der Waals surface area contributed by atoms with Gasteiger partial charge in [-0.1, -0.05) is 46.3 Å². The van der Waals surface area contributed by atoms with Gasteiger partial charge in [0.05, 0.1) is 0 Å². The largest absolute Gasteiger partial charge is 0.507 e. The molecule has 0 heterocycles. The van der Waals surface area contributed by atoms with E-state index in [4.69, 9.17) is 0 Å². The Morgan fingerprint density at radius 2 is 1.79 bits per heavy atom. The van der Waals surface area contributed by atoms with Gasteiger partial charge in [-0.15, -0.1) is 0 Å². The summed E-state index contributed by atoms with van der Waals surface area (Å²) in [5, 5.41) is 9.57. The lowest BCUT2D eigenvalue weighted by molar-refractivity contribution is 0.476. The van der Waals surface area contributed by atoms with E-state index in [1.165, 1.54) is 0 Å². The highest BCUT2D eigenvalue weighted by atomic mass is 79.9. The Balaban J connectivity index is 2.50. The Kier molecular flexibility index (Phi) is 2.55. The molecule has 0 aliphatic rings. The standard InChI is InChI=1S/C12H8BrO/c13-10-7-5-9(6-8-10)11-3-1-2-4-12(11)14/h1-3,5-8,14H. The van der Waals surface area contributed by atoms with Crippen LogP contribution in [0, 0.1) is 6.07 Å². The van der Waals surface area contributed by atoms with Gasteiger partial charge in [-0.05, 0) is 17.7 Å². The molecule has 0 saturated heterocycles. The van der Waals surface area contributed by atoms with Crippen molar-refractivity contribution in [2.45, 2.75) is 0 Å². The molecule has 14 heavy (non-hydrogen) atoms. The van der Waals surface area contributed by atoms with Crippen molar-refractivity contribution in [1.29, 1.82) is 0 Å². The number of hydrogen-bond donors (Lipinski definition) is 1. The molecule has 1 N–H and O–H groups in total. The third kappa shape index (κ3) is 1.80. The van der Waals surface area contributed by atoms with Crippen LogP contribution in [0.3, 0.4) is 0 Å². The molecule has 0 aliphatic heterocycles. The van der Waals surface area contributed by atoms with E-state index in [0.717, 1.165) is 15.6 Å². The van der Waals surface area contributed by atoms with Crippen LogP contribution in [-0.2, 0) is 0 Å². The zero-order chi connectivity index (χ0) is 9.97. The first kappa shape index (κ1) is 9.28. The SMILES string of the molecule is Oc1[c]cccc1-c1ccc(Br)cc1. The number of benzene rings is 2. The summed E-state index contributed by atoms with van der Waals surface area (Å²) in [6.45, 7) is 0. The molecule has 0 spiro atoms. The van der Waals surface area contributed by atoms with E-state index >= 15 is 0 Å². The van der Waals surface area contributed by atoms with Crippen LogP contribution in [0.1, 0.15) is 0 Å². The van der Waals surface area contributed by atoms with E-state index in [1.807, 2.05) is 36.4 Å². The van der Waals surface area contributed by atoms with Crippen molar-refractivity contribution in [2.24, 2.45) is 0 Å². The quantitative estimate of drug-likeness (QED) is 0.817. The predicted molar refractivity (Wildman–Crippen MR) is 60.1 cm³/mol. The van der Waals surface area contributed by atoms with Gasteiger partial charge < -0.3 is 5.11 Å². The van der Waals surface area contributed by atoms with Gasteiger partial charge in [-0.3, -0.25) is 0 Å². The molecule has 2 heteroatoms. The molecule has 2 rings (SSSR count). The van der Waals surface area contributed by atoms with Crippen LogP contribution in [0.15, 0.2) is 46.9 Å². The molecule has 0 amide bonds. The second kappa shape index (κ2) is 3.84. The summed E-state index contributed by atoms with van der Waals surface area (Å²) in [5.74, 6) is 0.190. The second-order valence-electron chi connectivity index (χ2n) is 2.94. The van der Waals surface area contributed by atoms with Gasteiger partial charge in [-0.25, -0.2) is 0 Å². The van der Waals surface area contributed by atoms with E-state index in [0.29, 0.717) is 0 Å². The molecule has 1 nitrogen and oxygen atoms in total. The lowest BCUT2D eigenvalue weighted by Crippen LogP contribution is -1.78. The highest BCUT2D eigenvalue weighted by Gasteiger charge is 2.01. The fraction of sp³-hybridized carbons (Fsp3) is 0. The maximum Gasteiger partial charge on any atom is 0.131 e. The maximum absolute atomic E-state index is 9.57. The van der Waals surface area contributed by atoms with Crippen LogP contribution >= 0.6 is 15.9 Å². The fourth-order valence-electron chi connectivity index (χ4n) is 1.29. The van der Waals surface area contributed by atoms with Gasteiger partial charge in [0.25, 0.3) is 0 Å². The van der Waals surface area contributed by atoms with Crippen LogP contribution in [0.25, 0.3) is 11.1 Å². The highest BCUT2D eigenvalue weighted by molar-refractivity contribution is 9.10. The van der Waals surface area contributed by atoms with Gasteiger partial charge in [0, 0.05) is 16.1 Å². The minimum absolute atomic E-state index is 0.190. The maximum atomic E-state index is 9.57. The number of aromatic hydroxyl groups is 1. The van der Waals surface area contributed by atoms with E-state index in [2.05, 4.69) is 22.0 Å². The van der Waals surface area contributed by atoms with E-state index < -0.39 is 0 Å². The molecule has 0 bridgehead atoms. The molecule has 2 aromatic rings. The van der Waals surface area contributed by atoms with Crippen molar-refractivity contribution >= 4 is 15.9 Å². The number of phenolic OH excluding ortho intramolecular Hbond substituents is 1. The topological polar surface area (TPSA) is 20.2 Å². The Hall–Kier alpha value is -1.28. The number of phenols is 1. The third-order valence-corrected chi connectivity index (χ3v) is 2.52. The first-order valence-electron chi connectivity index (χ1n) is 4.23. The zero-order valence-electron chi connectivity index (χ0n) is 7.37. The van der Waals surface area contributed by atoms with Crippen molar-refractivity contribution in [2.75, 3.05) is 0 Å². The van der Waals surface area contributed by atoms with Crippen LogP contribution < -0.4 is 0 Å². The predicted octanol–water partition coefficient (Wildman–Crippen LogP) is 3.62. The van der Waals surface area contributed by atoms with E-state index in [1.54, 1.807) is 6.07 Å². The van der Waals surface area contributed by atoms with Crippen molar-refractivity contribution in [3.8, 4) is 16.9 Å². The number of hydrogen-bond acceptors (Lipinski definition) is 1. The minimum Gasteiger partial charge on any atom is -0.507 e. The number of para-hydroxylation sites is 1. The van der Waals surface area contributed by atoms with Gasteiger partial charge >= 0.3 is 0 Å². The molecule has 69 valence electrons. The molecular weight excluding hydrogens is 240 g/mol. The highest BCUT2D eigenvalue weighted by Crippen LogP contribution is 2.28. The van der Waals surface area contributed by atoms with E-state index in [9.17, 15) is 5.11 Å². The van der Waals surface area contributed by atoms with Crippen LogP contribution in [0.5, 0.6) is 5.75 Å². The molecule has 1 radical (unpaired) electrons. The van der Waals surface area contributed by atoms with Crippen LogP contribution in [0.2, 0.25) is 0 Å². The summed E-state index contributed by atoms with van der Waals surface area (Å²) >= 11 is 3.37. The van der Waals surface area contributed by atoms with Crippen LogP contribution in [-0.4, -0.2) is 5.11 Å². The van der Waals surface area contributed by atoms with E-state index in [-0.39, 0.29) is 5.75 Å². The third-order valence-electron chi connectivity index (χ3n) is 1.99. The Bertz CT molecular complexity index is 434. The molecule has 0 unspecified atom stereocenters. The Morgan fingerprint density at radius 1 is 1.07 bits per heavy atom. The first-order chi connectivity index (χ1) is 6.77. The monoisotopic (exact) mass is 247 g/mol.